The molecule has 3 atom stereocenters. The van der Waals surface area contributed by atoms with Gasteiger partial charge in [-0.25, -0.2) is 0 Å². The molecule has 0 aromatic carbocycles. The summed E-state index contributed by atoms with van der Waals surface area (Å²) < 4.78 is 5.54. The molecule has 0 bridgehead atoms. The number of ether oxygens (including phenoxy) is 1. The van der Waals surface area contributed by atoms with Gasteiger partial charge in [0.05, 0.1) is 11.6 Å². The molecule has 0 aromatic rings. The predicted molar refractivity (Wildman–Crippen MR) is 71.2 cm³/mol. The second kappa shape index (κ2) is 6.02. The third kappa shape index (κ3) is 3.45. The van der Waals surface area contributed by atoms with Gasteiger partial charge >= 0.3 is 0 Å². The zero-order valence-corrected chi connectivity index (χ0v) is 11.4. The van der Waals surface area contributed by atoms with Crippen LogP contribution in [0.15, 0.2) is 0 Å². The molecule has 4 nitrogen and oxygen atoms in total. The number of carbonyl (C=O) groups is 1. The molecule has 3 unspecified atom stereocenters. The van der Waals surface area contributed by atoms with Gasteiger partial charge in [0.1, 0.15) is 0 Å². The van der Waals surface area contributed by atoms with Crippen LogP contribution in [0, 0.1) is 5.92 Å². The van der Waals surface area contributed by atoms with E-state index in [2.05, 4.69) is 12.2 Å². The van der Waals surface area contributed by atoms with Crippen LogP contribution >= 0.6 is 0 Å². The lowest BCUT2D eigenvalue weighted by atomic mass is 9.76. The predicted octanol–water partition coefficient (Wildman–Crippen LogP) is 1.58. The molecular formula is C14H26N2O2. The lowest BCUT2D eigenvalue weighted by Crippen LogP contribution is -2.56. The Kier molecular flexibility index (Phi) is 4.62. The van der Waals surface area contributed by atoms with Crippen molar-refractivity contribution in [1.29, 1.82) is 0 Å². The van der Waals surface area contributed by atoms with E-state index in [1.54, 1.807) is 0 Å². The van der Waals surface area contributed by atoms with E-state index in [0.29, 0.717) is 18.6 Å². The van der Waals surface area contributed by atoms with Crippen LogP contribution in [0.5, 0.6) is 0 Å². The van der Waals surface area contributed by atoms with E-state index >= 15 is 0 Å². The first-order valence-electron chi connectivity index (χ1n) is 7.29. The number of rotatable bonds is 4. The molecule has 0 spiro atoms. The Morgan fingerprint density at radius 1 is 1.44 bits per heavy atom. The van der Waals surface area contributed by atoms with Gasteiger partial charge in [0.25, 0.3) is 0 Å². The molecule has 1 heterocycles. The second-order valence-electron chi connectivity index (χ2n) is 6.04. The minimum absolute atomic E-state index is 0.0343. The van der Waals surface area contributed by atoms with Gasteiger partial charge in [-0.3, -0.25) is 4.79 Å². The van der Waals surface area contributed by atoms with Gasteiger partial charge in [0.2, 0.25) is 5.91 Å². The molecule has 4 heteroatoms. The van der Waals surface area contributed by atoms with Gasteiger partial charge < -0.3 is 15.8 Å². The molecule has 1 aliphatic carbocycles. The number of hydrogen-bond acceptors (Lipinski definition) is 3. The number of amides is 1. The summed E-state index contributed by atoms with van der Waals surface area (Å²) in [6.07, 6.45) is 7.43. The minimum atomic E-state index is -0.631. The highest BCUT2D eigenvalue weighted by Crippen LogP contribution is 2.30. The molecule has 2 rings (SSSR count). The maximum absolute atomic E-state index is 12.2. The fourth-order valence-electron chi connectivity index (χ4n) is 3.19. The van der Waals surface area contributed by atoms with Gasteiger partial charge in [0.15, 0.2) is 0 Å². The number of nitrogens with two attached hydrogens (primary N) is 1. The van der Waals surface area contributed by atoms with E-state index in [-0.39, 0.29) is 5.91 Å². The molecule has 0 aromatic heterocycles. The number of hydrogen-bond donors (Lipinski definition) is 2. The fraction of sp³-hybridized carbons (Fsp3) is 0.929. The minimum Gasteiger partial charge on any atom is -0.378 e. The fourth-order valence-corrected chi connectivity index (χ4v) is 3.19. The Hall–Kier alpha value is -0.610. The molecule has 0 radical (unpaired) electrons. The van der Waals surface area contributed by atoms with Crippen molar-refractivity contribution in [3.63, 3.8) is 0 Å². The van der Waals surface area contributed by atoms with Gasteiger partial charge in [0, 0.05) is 13.2 Å². The topological polar surface area (TPSA) is 64.4 Å². The monoisotopic (exact) mass is 254 g/mol. The zero-order valence-electron chi connectivity index (χ0n) is 11.4. The molecule has 104 valence electrons. The van der Waals surface area contributed by atoms with Crippen molar-refractivity contribution in [3.8, 4) is 0 Å². The standard InChI is InChI=1S/C14H26N2O2/c1-11-4-2-7-14(15,10-11)13(17)16-8-6-12-5-3-9-18-12/h11-12H,2-10,15H2,1H3,(H,16,17). The Bertz CT molecular complexity index is 290. The van der Waals surface area contributed by atoms with E-state index in [4.69, 9.17) is 10.5 Å². The maximum Gasteiger partial charge on any atom is 0.240 e. The molecule has 2 aliphatic rings. The average molecular weight is 254 g/mol. The van der Waals surface area contributed by atoms with E-state index in [1.807, 2.05) is 0 Å². The molecular weight excluding hydrogens is 228 g/mol. The summed E-state index contributed by atoms with van der Waals surface area (Å²) in [6.45, 7) is 3.74. The molecule has 2 fully saturated rings. The van der Waals surface area contributed by atoms with Crippen molar-refractivity contribution in [1.82, 2.24) is 5.32 Å². The summed E-state index contributed by atoms with van der Waals surface area (Å²) >= 11 is 0. The van der Waals surface area contributed by atoms with Crippen LogP contribution in [0.2, 0.25) is 0 Å². The van der Waals surface area contributed by atoms with E-state index in [0.717, 1.165) is 45.1 Å². The summed E-state index contributed by atoms with van der Waals surface area (Å²) in [7, 11) is 0. The van der Waals surface area contributed by atoms with Crippen LogP contribution in [0.4, 0.5) is 0 Å². The normalized spacial score (nSPS) is 36.6. The molecule has 3 N–H and O–H groups in total. The zero-order chi connectivity index (χ0) is 13.0. The first-order valence-corrected chi connectivity index (χ1v) is 7.29. The number of nitrogens with one attached hydrogen (secondary N) is 1. The molecule has 18 heavy (non-hydrogen) atoms. The van der Waals surface area contributed by atoms with E-state index < -0.39 is 5.54 Å². The summed E-state index contributed by atoms with van der Waals surface area (Å²) in [6, 6.07) is 0. The van der Waals surface area contributed by atoms with Gasteiger partial charge in [-0.05, 0) is 38.0 Å². The first-order chi connectivity index (χ1) is 8.60. The quantitative estimate of drug-likeness (QED) is 0.800. The van der Waals surface area contributed by atoms with Crippen LogP contribution in [-0.2, 0) is 9.53 Å². The lowest BCUT2D eigenvalue weighted by Gasteiger charge is -2.35. The van der Waals surface area contributed by atoms with Crippen LogP contribution in [0.3, 0.4) is 0 Å². The molecule has 1 aliphatic heterocycles. The van der Waals surface area contributed by atoms with Crippen molar-refractivity contribution in [2.24, 2.45) is 11.7 Å². The lowest BCUT2D eigenvalue weighted by molar-refractivity contribution is -0.128. The van der Waals surface area contributed by atoms with Gasteiger partial charge in [-0.15, -0.1) is 0 Å². The number of carbonyl (C=O) groups excluding carboxylic acids is 1. The Morgan fingerprint density at radius 3 is 2.94 bits per heavy atom. The van der Waals surface area contributed by atoms with E-state index in [1.165, 1.54) is 6.42 Å². The Balaban J connectivity index is 1.72. The van der Waals surface area contributed by atoms with Crippen LogP contribution in [0.1, 0.15) is 51.9 Å². The van der Waals surface area contributed by atoms with Crippen LogP contribution < -0.4 is 11.1 Å². The van der Waals surface area contributed by atoms with E-state index in [9.17, 15) is 4.79 Å². The summed E-state index contributed by atoms with van der Waals surface area (Å²) in [5, 5.41) is 3.00. The molecule has 1 saturated carbocycles. The summed E-state index contributed by atoms with van der Waals surface area (Å²) in [5.41, 5.74) is 5.61. The van der Waals surface area contributed by atoms with Gasteiger partial charge in [-0.1, -0.05) is 19.8 Å². The summed E-state index contributed by atoms with van der Waals surface area (Å²) in [5.74, 6) is 0.597. The third-order valence-electron chi connectivity index (χ3n) is 4.26. The second-order valence-corrected chi connectivity index (χ2v) is 6.04. The highest BCUT2D eigenvalue weighted by molar-refractivity contribution is 5.86. The molecule has 1 amide bonds. The Labute approximate surface area is 110 Å². The van der Waals surface area contributed by atoms with Crippen LogP contribution in [-0.4, -0.2) is 30.7 Å². The van der Waals surface area contributed by atoms with Crippen molar-refractivity contribution >= 4 is 5.91 Å². The maximum atomic E-state index is 12.2. The van der Waals surface area contributed by atoms with Crippen LogP contribution in [0.25, 0.3) is 0 Å². The molecule has 1 saturated heterocycles. The third-order valence-corrected chi connectivity index (χ3v) is 4.26. The first kappa shape index (κ1) is 13.8. The average Bonchev–Trinajstić information content (AvgIpc) is 2.81. The SMILES string of the molecule is CC1CCCC(N)(C(=O)NCCC2CCCO2)C1. The van der Waals surface area contributed by atoms with Crippen molar-refractivity contribution in [3.05, 3.63) is 0 Å². The smallest absolute Gasteiger partial charge is 0.240 e. The van der Waals surface area contributed by atoms with Gasteiger partial charge in [-0.2, -0.15) is 0 Å². The van der Waals surface area contributed by atoms with Crippen molar-refractivity contribution in [2.45, 2.75) is 63.5 Å². The Morgan fingerprint density at radius 2 is 2.28 bits per heavy atom. The highest BCUT2D eigenvalue weighted by atomic mass is 16.5. The largest absolute Gasteiger partial charge is 0.378 e. The van der Waals surface area contributed by atoms with Crippen molar-refractivity contribution < 1.29 is 9.53 Å². The highest BCUT2D eigenvalue weighted by Gasteiger charge is 2.37. The summed E-state index contributed by atoms with van der Waals surface area (Å²) in [4.78, 5) is 12.2. The van der Waals surface area contributed by atoms with Crippen molar-refractivity contribution in [2.75, 3.05) is 13.2 Å².